The van der Waals surface area contributed by atoms with Gasteiger partial charge >= 0.3 is 12.1 Å². The van der Waals surface area contributed by atoms with Gasteiger partial charge in [0.2, 0.25) is 0 Å². The number of carbonyl (C=O) groups is 1. The number of esters is 1. The molecule has 0 bridgehead atoms. The first-order chi connectivity index (χ1) is 8.34. The maximum absolute atomic E-state index is 12.7. The van der Waals surface area contributed by atoms with E-state index < -0.39 is 17.7 Å². The van der Waals surface area contributed by atoms with Crippen molar-refractivity contribution >= 4 is 23.6 Å². The van der Waals surface area contributed by atoms with Gasteiger partial charge in [-0.1, -0.05) is 29.8 Å². The molecular weight excluding hydrogens is 269 g/mol. The van der Waals surface area contributed by atoms with Gasteiger partial charge in [0.1, 0.15) is 0 Å². The molecular formula is C12H10ClF3O2. The van der Waals surface area contributed by atoms with Crippen molar-refractivity contribution in [2.24, 2.45) is 0 Å². The normalized spacial score (nSPS) is 11.8. The lowest BCUT2D eigenvalue weighted by Gasteiger charge is -2.10. The highest BCUT2D eigenvalue weighted by atomic mass is 35.5. The SMILES string of the molecule is COC(=O)CC=Cc1ccc(Cl)cc1C(F)(F)F. The summed E-state index contributed by atoms with van der Waals surface area (Å²) in [6, 6.07) is 3.45. The Hall–Kier alpha value is -1.49. The molecule has 0 aliphatic rings. The largest absolute Gasteiger partial charge is 0.469 e. The zero-order chi connectivity index (χ0) is 13.8. The van der Waals surface area contributed by atoms with Crippen molar-refractivity contribution in [2.75, 3.05) is 7.11 Å². The number of benzene rings is 1. The molecule has 2 nitrogen and oxygen atoms in total. The molecule has 0 fully saturated rings. The summed E-state index contributed by atoms with van der Waals surface area (Å²) in [7, 11) is 1.21. The van der Waals surface area contributed by atoms with Crippen molar-refractivity contribution < 1.29 is 22.7 Å². The highest BCUT2D eigenvalue weighted by molar-refractivity contribution is 6.30. The van der Waals surface area contributed by atoms with Gasteiger partial charge in [0.25, 0.3) is 0 Å². The van der Waals surface area contributed by atoms with Gasteiger partial charge in [0.15, 0.2) is 0 Å². The molecule has 1 rings (SSSR count). The van der Waals surface area contributed by atoms with Gasteiger partial charge in [-0.25, -0.2) is 0 Å². The van der Waals surface area contributed by atoms with Gasteiger partial charge in [-0.15, -0.1) is 0 Å². The van der Waals surface area contributed by atoms with Gasteiger partial charge in [-0.3, -0.25) is 4.79 Å². The molecule has 0 saturated carbocycles. The highest BCUT2D eigenvalue weighted by Gasteiger charge is 2.32. The minimum Gasteiger partial charge on any atom is -0.469 e. The molecule has 0 heterocycles. The average Bonchev–Trinajstić information content (AvgIpc) is 2.29. The molecule has 0 aliphatic heterocycles. The Morgan fingerprint density at radius 2 is 2.11 bits per heavy atom. The maximum Gasteiger partial charge on any atom is 0.417 e. The molecule has 0 radical (unpaired) electrons. The Morgan fingerprint density at radius 3 is 2.67 bits per heavy atom. The number of hydrogen-bond acceptors (Lipinski definition) is 2. The highest BCUT2D eigenvalue weighted by Crippen LogP contribution is 2.34. The lowest BCUT2D eigenvalue weighted by atomic mass is 10.1. The van der Waals surface area contributed by atoms with Gasteiger partial charge in [0.05, 0.1) is 19.1 Å². The maximum atomic E-state index is 12.7. The third-order valence-electron chi connectivity index (χ3n) is 2.13. The lowest BCUT2D eigenvalue weighted by Crippen LogP contribution is -2.07. The number of ether oxygens (including phenoxy) is 1. The second kappa shape index (κ2) is 5.91. The predicted octanol–water partition coefficient (Wildman–Crippen LogP) is 3.94. The van der Waals surface area contributed by atoms with Gasteiger partial charge < -0.3 is 4.74 Å². The Kier molecular flexibility index (Phi) is 4.78. The summed E-state index contributed by atoms with van der Waals surface area (Å²) in [5, 5.41) is 0.00689. The summed E-state index contributed by atoms with van der Waals surface area (Å²) in [5.41, 5.74) is -0.882. The van der Waals surface area contributed by atoms with Gasteiger partial charge in [-0.05, 0) is 17.7 Å². The topological polar surface area (TPSA) is 26.3 Å². The second-order valence-corrected chi connectivity index (χ2v) is 3.85. The Labute approximate surface area is 107 Å². The van der Waals surface area contributed by atoms with Crippen LogP contribution in [0.25, 0.3) is 6.08 Å². The van der Waals surface area contributed by atoms with E-state index in [1.54, 1.807) is 0 Å². The molecule has 0 unspecified atom stereocenters. The van der Waals surface area contributed by atoms with Crippen molar-refractivity contribution in [3.8, 4) is 0 Å². The second-order valence-electron chi connectivity index (χ2n) is 3.41. The van der Waals surface area contributed by atoms with E-state index in [0.717, 1.165) is 6.07 Å². The van der Waals surface area contributed by atoms with Crippen molar-refractivity contribution in [2.45, 2.75) is 12.6 Å². The zero-order valence-corrected chi connectivity index (χ0v) is 10.2. The minimum absolute atomic E-state index is 0.00689. The van der Waals surface area contributed by atoms with Crippen LogP contribution in [-0.2, 0) is 15.7 Å². The molecule has 1 aromatic rings. The molecule has 1 aromatic carbocycles. The van der Waals surface area contributed by atoms with E-state index in [4.69, 9.17) is 11.6 Å². The molecule has 6 heteroatoms. The van der Waals surface area contributed by atoms with Crippen LogP contribution in [0.1, 0.15) is 17.5 Å². The molecule has 98 valence electrons. The predicted molar refractivity (Wildman–Crippen MR) is 62.1 cm³/mol. The van der Waals surface area contributed by atoms with E-state index >= 15 is 0 Å². The van der Waals surface area contributed by atoms with E-state index in [-0.39, 0.29) is 17.0 Å². The Morgan fingerprint density at radius 1 is 1.44 bits per heavy atom. The first-order valence-electron chi connectivity index (χ1n) is 4.94. The van der Waals surface area contributed by atoms with Crippen LogP contribution < -0.4 is 0 Å². The van der Waals surface area contributed by atoms with E-state index in [1.807, 2.05) is 0 Å². The molecule has 0 atom stereocenters. The van der Waals surface area contributed by atoms with Crippen LogP contribution in [0.2, 0.25) is 5.02 Å². The van der Waals surface area contributed by atoms with Crippen LogP contribution in [0.4, 0.5) is 13.2 Å². The number of methoxy groups -OCH3 is 1. The number of rotatable bonds is 3. The van der Waals surface area contributed by atoms with Crippen molar-refractivity contribution in [3.05, 3.63) is 40.4 Å². The summed E-state index contributed by atoms with van der Waals surface area (Å²) in [4.78, 5) is 10.8. The summed E-state index contributed by atoms with van der Waals surface area (Å²) in [6.45, 7) is 0. The number of alkyl halides is 3. The van der Waals surface area contributed by atoms with Gasteiger partial charge in [-0.2, -0.15) is 13.2 Å². The standard InChI is InChI=1S/C12H10ClF3O2/c1-18-11(17)4-2-3-8-5-6-9(13)7-10(8)12(14,15)16/h2-3,5-7H,4H2,1H3. The third kappa shape index (κ3) is 4.07. The van der Waals surface area contributed by atoms with Crippen LogP contribution in [-0.4, -0.2) is 13.1 Å². The first kappa shape index (κ1) is 14.6. The lowest BCUT2D eigenvalue weighted by molar-refractivity contribution is -0.139. The summed E-state index contributed by atoms with van der Waals surface area (Å²) < 4.78 is 42.5. The smallest absolute Gasteiger partial charge is 0.417 e. The van der Waals surface area contributed by atoms with Crippen LogP contribution in [0.5, 0.6) is 0 Å². The third-order valence-corrected chi connectivity index (χ3v) is 2.37. The molecule has 0 spiro atoms. The Balaban J connectivity index is 2.99. The van der Waals surface area contributed by atoms with E-state index in [9.17, 15) is 18.0 Å². The van der Waals surface area contributed by atoms with E-state index in [1.165, 1.54) is 31.4 Å². The molecule has 0 aromatic heterocycles. The van der Waals surface area contributed by atoms with E-state index in [2.05, 4.69) is 4.74 Å². The van der Waals surface area contributed by atoms with Crippen LogP contribution in [0, 0.1) is 0 Å². The van der Waals surface area contributed by atoms with Crippen LogP contribution in [0.15, 0.2) is 24.3 Å². The number of carbonyl (C=O) groups excluding carboxylic acids is 1. The molecule has 0 saturated heterocycles. The quantitative estimate of drug-likeness (QED) is 0.783. The van der Waals surface area contributed by atoms with E-state index in [0.29, 0.717) is 0 Å². The first-order valence-corrected chi connectivity index (χ1v) is 5.32. The number of halogens is 4. The fourth-order valence-corrected chi connectivity index (χ4v) is 1.46. The van der Waals surface area contributed by atoms with Crippen molar-refractivity contribution in [3.63, 3.8) is 0 Å². The fourth-order valence-electron chi connectivity index (χ4n) is 1.28. The summed E-state index contributed by atoms with van der Waals surface area (Å²) >= 11 is 5.53. The molecule has 0 N–H and O–H groups in total. The molecule has 0 amide bonds. The summed E-state index contributed by atoms with van der Waals surface area (Å²) in [5.74, 6) is -0.520. The number of hydrogen-bond donors (Lipinski definition) is 0. The van der Waals surface area contributed by atoms with Crippen molar-refractivity contribution in [1.29, 1.82) is 0 Å². The Bertz CT molecular complexity index is 467. The van der Waals surface area contributed by atoms with Crippen LogP contribution >= 0.6 is 11.6 Å². The van der Waals surface area contributed by atoms with Crippen molar-refractivity contribution in [1.82, 2.24) is 0 Å². The summed E-state index contributed by atoms with van der Waals surface area (Å²) in [6.07, 6.45) is -2.05. The molecule has 0 aliphatic carbocycles. The zero-order valence-electron chi connectivity index (χ0n) is 9.42. The monoisotopic (exact) mass is 278 g/mol. The minimum atomic E-state index is -4.49. The fraction of sp³-hybridized carbons (Fsp3) is 0.250. The average molecular weight is 279 g/mol. The van der Waals surface area contributed by atoms with Crippen LogP contribution in [0.3, 0.4) is 0 Å². The molecule has 18 heavy (non-hydrogen) atoms. The van der Waals surface area contributed by atoms with Gasteiger partial charge in [0, 0.05) is 5.02 Å².